The van der Waals surface area contributed by atoms with Gasteiger partial charge in [0.15, 0.2) is 0 Å². The van der Waals surface area contributed by atoms with Crippen LogP contribution in [0.3, 0.4) is 0 Å². The Morgan fingerprint density at radius 3 is 2.88 bits per heavy atom. The summed E-state index contributed by atoms with van der Waals surface area (Å²) in [6.45, 7) is 1.79. The number of ketones is 1. The number of aliphatic carboxylic acids is 1. The van der Waals surface area contributed by atoms with Crippen LogP contribution in [-0.4, -0.2) is 45.4 Å². The zero-order valence-corrected chi connectivity index (χ0v) is 13.5. The van der Waals surface area contributed by atoms with Crippen LogP contribution in [0.2, 0.25) is 0 Å². The van der Waals surface area contributed by atoms with E-state index in [4.69, 9.17) is 9.15 Å². The molecule has 7 nitrogen and oxygen atoms in total. The second kappa shape index (κ2) is 4.60. The van der Waals surface area contributed by atoms with Gasteiger partial charge in [-0.15, -0.1) is 0 Å². The predicted octanol–water partition coefficient (Wildman–Crippen LogP) is 1.16. The summed E-state index contributed by atoms with van der Waals surface area (Å²) in [5, 5.41) is 9.63. The molecule has 4 aliphatic heterocycles. The number of amides is 1. The number of carboxylic acids is 1. The lowest BCUT2D eigenvalue weighted by Crippen LogP contribution is -2.55. The lowest BCUT2D eigenvalue weighted by molar-refractivity contribution is -0.152. The van der Waals surface area contributed by atoms with Crippen molar-refractivity contribution in [3.8, 4) is 0 Å². The molecule has 3 saturated heterocycles. The smallest absolute Gasteiger partial charge is 0.310 e. The third-order valence-electron chi connectivity index (χ3n) is 6.24. The van der Waals surface area contributed by atoms with Crippen LogP contribution in [0.4, 0.5) is 0 Å². The molecule has 1 aromatic rings. The molecular weight excluding hydrogens is 326 g/mol. The molecule has 0 aliphatic carbocycles. The molecule has 2 bridgehead atoms. The van der Waals surface area contributed by atoms with Gasteiger partial charge in [-0.25, -0.2) is 0 Å². The van der Waals surface area contributed by atoms with Crippen molar-refractivity contribution in [3.63, 3.8) is 0 Å². The summed E-state index contributed by atoms with van der Waals surface area (Å²) in [5.74, 6) is -2.85. The number of fused-ring (bicyclic) bond motifs is 2. The molecule has 1 aromatic heterocycles. The van der Waals surface area contributed by atoms with E-state index in [0.29, 0.717) is 5.76 Å². The number of rotatable bonds is 2. The van der Waals surface area contributed by atoms with E-state index in [1.54, 1.807) is 36.1 Å². The van der Waals surface area contributed by atoms with Gasteiger partial charge in [-0.1, -0.05) is 19.1 Å². The molecule has 25 heavy (non-hydrogen) atoms. The summed E-state index contributed by atoms with van der Waals surface area (Å²) in [4.78, 5) is 39.3. The number of carbonyl (C=O) groups excluding carboxylic acids is 2. The zero-order valence-electron chi connectivity index (χ0n) is 13.5. The van der Waals surface area contributed by atoms with Crippen LogP contribution in [0, 0.1) is 17.8 Å². The minimum Gasteiger partial charge on any atom is -0.481 e. The van der Waals surface area contributed by atoms with Crippen molar-refractivity contribution in [2.45, 2.75) is 37.1 Å². The molecular formula is C18H17NO6. The second-order valence-electron chi connectivity index (χ2n) is 7.32. The molecule has 7 heteroatoms. The van der Waals surface area contributed by atoms with E-state index in [-0.39, 0.29) is 18.1 Å². The second-order valence-corrected chi connectivity index (χ2v) is 7.32. The van der Waals surface area contributed by atoms with Crippen molar-refractivity contribution in [3.05, 3.63) is 36.3 Å². The number of furan rings is 1. The fourth-order valence-corrected chi connectivity index (χ4v) is 5.25. The first-order valence-electron chi connectivity index (χ1n) is 8.44. The van der Waals surface area contributed by atoms with Crippen LogP contribution >= 0.6 is 0 Å². The number of hydrogen-bond acceptors (Lipinski definition) is 5. The number of nitrogens with zero attached hydrogens (tertiary/aromatic N) is 1. The van der Waals surface area contributed by atoms with E-state index in [0.717, 1.165) is 0 Å². The number of piperidine rings is 1. The molecule has 4 aliphatic rings. The van der Waals surface area contributed by atoms with Gasteiger partial charge < -0.3 is 19.2 Å². The Morgan fingerprint density at radius 1 is 1.40 bits per heavy atom. The minimum absolute atomic E-state index is 0.0321. The van der Waals surface area contributed by atoms with Crippen molar-refractivity contribution < 1.29 is 28.6 Å². The third-order valence-corrected chi connectivity index (χ3v) is 6.24. The molecule has 5 heterocycles. The largest absolute Gasteiger partial charge is 0.481 e. The molecule has 1 amide bonds. The predicted molar refractivity (Wildman–Crippen MR) is 82.2 cm³/mol. The topological polar surface area (TPSA) is 97.1 Å². The van der Waals surface area contributed by atoms with Gasteiger partial charge in [-0.2, -0.15) is 0 Å². The Labute approximate surface area is 143 Å². The number of carbonyl (C=O) groups is 3. The zero-order chi connectivity index (χ0) is 17.5. The molecule has 5 rings (SSSR count). The quantitative estimate of drug-likeness (QED) is 0.810. The average Bonchev–Trinajstić information content (AvgIpc) is 3.32. The fraction of sp³-hybridized carbons (Fsp3) is 0.500. The monoisotopic (exact) mass is 343 g/mol. The van der Waals surface area contributed by atoms with Gasteiger partial charge >= 0.3 is 5.97 Å². The summed E-state index contributed by atoms with van der Waals surface area (Å²) in [7, 11) is 0. The van der Waals surface area contributed by atoms with Gasteiger partial charge in [0.25, 0.3) is 0 Å². The van der Waals surface area contributed by atoms with Gasteiger partial charge in [0, 0.05) is 12.3 Å². The SMILES string of the molecule is C[C@@H]1C(=O)C[C@H](c2ccco2)N2C(=O)[C@H]3[C@@H](C(=O)O)[C@H]4C=C[C@@]3(O4)[C@@H]12. The Bertz CT molecular complexity index is 814. The average molecular weight is 343 g/mol. The highest BCUT2D eigenvalue weighted by Crippen LogP contribution is 2.59. The van der Waals surface area contributed by atoms with E-state index in [1.807, 2.05) is 0 Å². The number of hydrogen-bond donors (Lipinski definition) is 1. The molecule has 1 spiro atoms. The lowest BCUT2D eigenvalue weighted by atomic mass is 9.71. The Balaban J connectivity index is 1.67. The van der Waals surface area contributed by atoms with E-state index in [1.165, 1.54) is 6.26 Å². The summed E-state index contributed by atoms with van der Waals surface area (Å²) < 4.78 is 11.5. The number of carboxylic acid groups (broad SMARTS) is 1. The van der Waals surface area contributed by atoms with Crippen LogP contribution in [0.5, 0.6) is 0 Å². The molecule has 0 unspecified atom stereocenters. The maximum atomic E-state index is 13.3. The van der Waals surface area contributed by atoms with E-state index >= 15 is 0 Å². The summed E-state index contributed by atoms with van der Waals surface area (Å²) in [5.41, 5.74) is -1.04. The summed E-state index contributed by atoms with van der Waals surface area (Å²) in [6, 6.07) is 2.44. The molecule has 130 valence electrons. The Kier molecular flexibility index (Phi) is 2.74. The van der Waals surface area contributed by atoms with Crippen molar-refractivity contribution >= 4 is 17.7 Å². The highest BCUT2D eigenvalue weighted by atomic mass is 16.5. The lowest BCUT2D eigenvalue weighted by Gasteiger charge is -2.43. The van der Waals surface area contributed by atoms with Crippen LogP contribution in [0.15, 0.2) is 35.0 Å². The summed E-state index contributed by atoms with van der Waals surface area (Å²) in [6.07, 6.45) is 4.59. The first-order chi connectivity index (χ1) is 12.0. The van der Waals surface area contributed by atoms with Crippen LogP contribution < -0.4 is 0 Å². The Morgan fingerprint density at radius 2 is 2.20 bits per heavy atom. The number of ether oxygens (including phenoxy) is 1. The van der Waals surface area contributed by atoms with Gasteiger partial charge in [-0.05, 0) is 12.1 Å². The van der Waals surface area contributed by atoms with Crippen molar-refractivity contribution in [2.75, 3.05) is 0 Å². The van der Waals surface area contributed by atoms with Crippen LogP contribution in [0.1, 0.15) is 25.1 Å². The van der Waals surface area contributed by atoms with Gasteiger partial charge in [-0.3, -0.25) is 14.4 Å². The van der Waals surface area contributed by atoms with Crippen molar-refractivity contribution in [1.82, 2.24) is 4.90 Å². The van der Waals surface area contributed by atoms with Crippen molar-refractivity contribution in [2.24, 2.45) is 17.8 Å². The van der Waals surface area contributed by atoms with Crippen LogP contribution in [0.25, 0.3) is 0 Å². The third kappa shape index (κ3) is 1.62. The van der Waals surface area contributed by atoms with Gasteiger partial charge in [0.1, 0.15) is 23.1 Å². The summed E-state index contributed by atoms with van der Waals surface area (Å²) >= 11 is 0. The van der Waals surface area contributed by atoms with Crippen molar-refractivity contribution in [1.29, 1.82) is 0 Å². The van der Waals surface area contributed by atoms with Gasteiger partial charge in [0.05, 0.1) is 30.4 Å². The normalized spacial score (nSPS) is 44.3. The molecule has 0 saturated carbocycles. The highest BCUT2D eigenvalue weighted by Gasteiger charge is 2.74. The van der Waals surface area contributed by atoms with Crippen LogP contribution in [-0.2, 0) is 19.1 Å². The fourth-order valence-electron chi connectivity index (χ4n) is 5.25. The van der Waals surface area contributed by atoms with E-state index in [2.05, 4.69) is 0 Å². The molecule has 0 aromatic carbocycles. The maximum Gasteiger partial charge on any atom is 0.310 e. The minimum atomic E-state index is -1.04. The molecule has 0 radical (unpaired) electrons. The standard InChI is InChI=1S/C18H17NO6/c1-8-10(20)7-9(11-3-2-6-24-11)19-15(8)18-5-4-12(25-18)13(17(22)23)14(18)16(19)21/h2-6,8-9,12-15H,7H2,1H3,(H,22,23)/t8-,9-,12-,13+,14-,15-,18+/m1/s1. The Hall–Kier alpha value is -2.41. The number of Topliss-reactive ketones (excluding diaryl/α,β-unsaturated/α-hetero) is 1. The highest BCUT2D eigenvalue weighted by molar-refractivity contribution is 5.95. The van der Waals surface area contributed by atoms with E-state index < -0.39 is 47.5 Å². The first kappa shape index (κ1) is 14.9. The van der Waals surface area contributed by atoms with E-state index in [9.17, 15) is 19.5 Å². The molecule has 3 fully saturated rings. The first-order valence-corrected chi connectivity index (χ1v) is 8.44. The maximum absolute atomic E-state index is 13.3. The van der Waals surface area contributed by atoms with Gasteiger partial charge in [0.2, 0.25) is 5.91 Å². The molecule has 1 N–H and O–H groups in total. The molecule has 7 atom stereocenters.